The van der Waals surface area contributed by atoms with Gasteiger partial charge in [-0.3, -0.25) is 4.79 Å². The number of hydrogen-bond acceptors (Lipinski definition) is 3. The van der Waals surface area contributed by atoms with Gasteiger partial charge >= 0.3 is 0 Å². The van der Waals surface area contributed by atoms with Crippen LogP contribution in [0.25, 0.3) is 11.0 Å². The number of methoxy groups -OCH3 is 1. The van der Waals surface area contributed by atoms with E-state index in [-0.39, 0.29) is 11.9 Å². The summed E-state index contributed by atoms with van der Waals surface area (Å²) in [5.41, 5.74) is 5.32. The highest BCUT2D eigenvalue weighted by molar-refractivity contribution is 5.97. The first-order valence-corrected chi connectivity index (χ1v) is 9.65. The van der Waals surface area contributed by atoms with Gasteiger partial charge in [-0.25, -0.2) is 4.98 Å². The minimum Gasteiger partial charge on any atom is -0.497 e. The van der Waals surface area contributed by atoms with Gasteiger partial charge in [0.15, 0.2) is 0 Å². The highest BCUT2D eigenvalue weighted by Crippen LogP contribution is 2.42. The molecular formula is C22H23N3O2. The number of imidazole rings is 1. The van der Waals surface area contributed by atoms with Crippen molar-refractivity contribution in [2.24, 2.45) is 0 Å². The maximum absolute atomic E-state index is 13.3. The number of carbonyl (C=O) groups is 1. The van der Waals surface area contributed by atoms with Crippen molar-refractivity contribution in [1.29, 1.82) is 0 Å². The number of H-pyrrole nitrogens is 1. The number of aryl methyl sites for hydroxylation is 1. The van der Waals surface area contributed by atoms with Crippen molar-refractivity contribution in [1.82, 2.24) is 14.9 Å². The fourth-order valence-corrected chi connectivity index (χ4v) is 4.85. The molecule has 0 unspecified atom stereocenters. The molecule has 1 aliphatic heterocycles. The van der Waals surface area contributed by atoms with E-state index in [1.807, 2.05) is 24.3 Å². The van der Waals surface area contributed by atoms with Gasteiger partial charge in [-0.15, -0.1) is 0 Å². The Morgan fingerprint density at radius 3 is 3.04 bits per heavy atom. The minimum absolute atomic E-state index is 0.137. The van der Waals surface area contributed by atoms with Crippen LogP contribution in [-0.2, 0) is 6.42 Å². The Morgan fingerprint density at radius 2 is 2.15 bits per heavy atom. The molecule has 5 nitrogen and oxygen atoms in total. The zero-order valence-electron chi connectivity index (χ0n) is 15.4. The first-order valence-electron chi connectivity index (χ1n) is 9.65. The number of piperidine rings is 1. The van der Waals surface area contributed by atoms with Crippen molar-refractivity contribution in [2.45, 2.75) is 37.6 Å². The van der Waals surface area contributed by atoms with Gasteiger partial charge in [0.05, 0.1) is 24.5 Å². The lowest BCUT2D eigenvalue weighted by atomic mass is 9.74. The number of carbonyl (C=O) groups excluding carboxylic acids is 1. The predicted molar refractivity (Wildman–Crippen MR) is 104 cm³/mol. The predicted octanol–water partition coefficient (Wildman–Crippen LogP) is 3.91. The number of nitrogens with zero attached hydrogens (tertiary/aromatic N) is 2. The summed E-state index contributed by atoms with van der Waals surface area (Å²) in [6, 6.07) is 12.4. The Labute approximate surface area is 158 Å². The molecule has 0 saturated carbocycles. The number of aromatic amines is 1. The number of ether oxygens (including phenoxy) is 1. The molecule has 5 rings (SSSR count). The van der Waals surface area contributed by atoms with E-state index in [2.05, 4.69) is 27.0 Å². The van der Waals surface area contributed by atoms with Crippen LogP contribution in [0.5, 0.6) is 5.75 Å². The zero-order valence-corrected chi connectivity index (χ0v) is 15.4. The Hall–Kier alpha value is -2.82. The number of fused-ring (bicyclic) bond motifs is 4. The molecule has 138 valence electrons. The molecule has 0 radical (unpaired) electrons. The second-order valence-electron chi connectivity index (χ2n) is 7.55. The van der Waals surface area contributed by atoms with E-state index in [0.29, 0.717) is 5.92 Å². The van der Waals surface area contributed by atoms with Gasteiger partial charge in [0, 0.05) is 24.1 Å². The highest BCUT2D eigenvalue weighted by Gasteiger charge is 2.38. The summed E-state index contributed by atoms with van der Waals surface area (Å²) in [6.07, 6.45) is 5.88. The maximum atomic E-state index is 13.3. The molecule has 0 spiro atoms. The van der Waals surface area contributed by atoms with Crippen LogP contribution in [-0.4, -0.2) is 40.5 Å². The standard InChI is InChI=1S/C22H23N3O2/c1-27-16-6-7-17-14(11-16)5-9-21-18(17)3-2-10-25(21)22(26)15-4-8-19-20(12-15)24-13-23-19/h4,6-8,11-13,18,21H,2-3,5,9-10H2,1H3,(H,23,24)/t18-,21-/m0/s1. The largest absolute Gasteiger partial charge is 0.497 e. The second-order valence-corrected chi connectivity index (χ2v) is 7.55. The lowest BCUT2D eigenvalue weighted by Crippen LogP contribution is -2.49. The third-order valence-electron chi connectivity index (χ3n) is 6.17. The van der Waals surface area contributed by atoms with Gasteiger partial charge in [-0.05, 0) is 67.1 Å². The molecule has 1 amide bonds. The van der Waals surface area contributed by atoms with Gasteiger partial charge in [0.1, 0.15) is 5.75 Å². The number of aromatic nitrogens is 2. The summed E-state index contributed by atoms with van der Waals surface area (Å²) in [5, 5.41) is 0. The zero-order chi connectivity index (χ0) is 18.4. The molecule has 1 aliphatic carbocycles. The van der Waals surface area contributed by atoms with Crippen LogP contribution in [0.15, 0.2) is 42.7 Å². The minimum atomic E-state index is 0.137. The van der Waals surface area contributed by atoms with E-state index in [4.69, 9.17) is 4.74 Å². The molecule has 3 aromatic rings. The average Bonchev–Trinajstić information content (AvgIpc) is 3.20. The summed E-state index contributed by atoms with van der Waals surface area (Å²) in [4.78, 5) is 22.8. The number of hydrogen-bond donors (Lipinski definition) is 1. The van der Waals surface area contributed by atoms with Crippen LogP contribution in [0.4, 0.5) is 0 Å². The summed E-state index contributed by atoms with van der Waals surface area (Å²) in [7, 11) is 1.71. The SMILES string of the molecule is COc1ccc2c(c1)CC[C@H]1[C@H]2CCCN1C(=O)c1ccc2nc[nH]c2c1. The highest BCUT2D eigenvalue weighted by atomic mass is 16.5. The van der Waals surface area contributed by atoms with E-state index < -0.39 is 0 Å². The Kier molecular flexibility index (Phi) is 3.88. The molecular weight excluding hydrogens is 338 g/mol. The first-order chi connectivity index (χ1) is 13.2. The van der Waals surface area contributed by atoms with Crippen molar-refractivity contribution >= 4 is 16.9 Å². The van der Waals surface area contributed by atoms with Crippen LogP contribution in [0.3, 0.4) is 0 Å². The van der Waals surface area contributed by atoms with Crippen LogP contribution >= 0.6 is 0 Å². The average molecular weight is 361 g/mol. The quantitative estimate of drug-likeness (QED) is 0.753. The lowest BCUT2D eigenvalue weighted by Gasteiger charge is -2.45. The van der Waals surface area contributed by atoms with Crippen molar-refractivity contribution in [3.8, 4) is 5.75 Å². The third-order valence-corrected chi connectivity index (χ3v) is 6.17. The molecule has 2 heterocycles. The summed E-state index contributed by atoms with van der Waals surface area (Å²) < 4.78 is 5.39. The van der Waals surface area contributed by atoms with Gasteiger partial charge in [0.25, 0.3) is 5.91 Å². The second kappa shape index (κ2) is 6.41. The van der Waals surface area contributed by atoms with Crippen LogP contribution < -0.4 is 4.74 Å². The van der Waals surface area contributed by atoms with E-state index in [9.17, 15) is 4.79 Å². The maximum Gasteiger partial charge on any atom is 0.254 e. The van der Waals surface area contributed by atoms with Gasteiger partial charge < -0.3 is 14.6 Å². The monoisotopic (exact) mass is 361 g/mol. The number of rotatable bonds is 2. The van der Waals surface area contributed by atoms with Crippen LogP contribution in [0.2, 0.25) is 0 Å². The number of amides is 1. The van der Waals surface area contributed by atoms with E-state index in [1.54, 1.807) is 13.4 Å². The molecule has 1 aromatic heterocycles. The smallest absolute Gasteiger partial charge is 0.254 e. The number of likely N-dealkylation sites (tertiary alicyclic amines) is 1. The topological polar surface area (TPSA) is 58.2 Å². The lowest BCUT2D eigenvalue weighted by molar-refractivity contribution is 0.0547. The van der Waals surface area contributed by atoms with Crippen LogP contribution in [0, 0.1) is 0 Å². The molecule has 5 heteroatoms. The van der Waals surface area contributed by atoms with Gasteiger partial charge in [-0.1, -0.05) is 6.07 Å². The Morgan fingerprint density at radius 1 is 1.22 bits per heavy atom. The molecule has 1 fully saturated rings. The molecule has 2 aliphatic rings. The summed E-state index contributed by atoms with van der Waals surface area (Å²) >= 11 is 0. The number of nitrogens with one attached hydrogen (secondary N) is 1. The first kappa shape index (κ1) is 16.4. The summed E-state index contributed by atoms with van der Waals surface area (Å²) in [6.45, 7) is 0.840. The third kappa shape index (κ3) is 2.69. The Bertz CT molecular complexity index is 1010. The van der Waals surface area contributed by atoms with Gasteiger partial charge in [0.2, 0.25) is 0 Å². The normalized spacial score (nSPS) is 21.6. The van der Waals surface area contributed by atoms with Crippen molar-refractivity contribution in [2.75, 3.05) is 13.7 Å². The van der Waals surface area contributed by atoms with E-state index >= 15 is 0 Å². The van der Waals surface area contributed by atoms with Crippen LogP contribution in [0.1, 0.15) is 46.7 Å². The fraction of sp³-hybridized carbons (Fsp3) is 0.364. The molecule has 1 N–H and O–H groups in total. The van der Waals surface area contributed by atoms with Crippen molar-refractivity contribution in [3.63, 3.8) is 0 Å². The van der Waals surface area contributed by atoms with Crippen molar-refractivity contribution < 1.29 is 9.53 Å². The molecule has 2 atom stereocenters. The van der Waals surface area contributed by atoms with E-state index in [1.165, 1.54) is 11.1 Å². The van der Waals surface area contributed by atoms with E-state index in [0.717, 1.165) is 54.6 Å². The Balaban J connectivity index is 1.46. The molecule has 0 bridgehead atoms. The summed E-state index contributed by atoms with van der Waals surface area (Å²) in [5.74, 6) is 1.48. The van der Waals surface area contributed by atoms with Crippen molar-refractivity contribution in [3.05, 3.63) is 59.4 Å². The fourth-order valence-electron chi connectivity index (χ4n) is 4.85. The molecule has 2 aromatic carbocycles. The molecule has 27 heavy (non-hydrogen) atoms. The molecule has 1 saturated heterocycles. The van der Waals surface area contributed by atoms with Gasteiger partial charge in [-0.2, -0.15) is 0 Å². The number of benzene rings is 2.